The molecule has 1 aliphatic rings. The van der Waals surface area contributed by atoms with Crippen LogP contribution in [0.15, 0.2) is 54.7 Å². The van der Waals surface area contributed by atoms with Gasteiger partial charge in [0.1, 0.15) is 18.8 Å². The van der Waals surface area contributed by atoms with Gasteiger partial charge in [-0.25, -0.2) is 4.98 Å². The summed E-state index contributed by atoms with van der Waals surface area (Å²) in [5, 5.41) is 0. The van der Waals surface area contributed by atoms with Crippen molar-refractivity contribution in [1.29, 1.82) is 0 Å². The Kier molecular flexibility index (Phi) is 5.66. The number of para-hydroxylation sites is 1. The number of carbonyl (C=O) groups is 1. The van der Waals surface area contributed by atoms with Crippen LogP contribution in [0.3, 0.4) is 0 Å². The molecule has 1 aliphatic heterocycles. The molecule has 0 atom stereocenters. The van der Waals surface area contributed by atoms with E-state index in [1.54, 1.807) is 0 Å². The molecule has 1 aromatic heterocycles. The minimum Gasteiger partial charge on any atom is -0.494 e. The molecule has 0 bridgehead atoms. The molecule has 0 radical (unpaired) electrons. The number of amides is 1. The molecule has 1 fully saturated rings. The second-order valence-electron chi connectivity index (χ2n) is 5.88. The summed E-state index contributed by atoms with van der Waals surface area (Å²) >= 11 is 0. The van der Waals surface area contributed by atoms with Gasteiger partial charge in [-0.15, -0.1) is 0 Å². The molecule has 0 spiro atoms. The van der Waals surface area contributed by atoms with Crippen LogP contribution in [0.4, 0.5) is 5.82 Å². The summed E-state index contributed by atoms with van der Waals surface area (Å²) in [4.78, 5) is 19.8. The molecular formula is C19H24N3O2+. The van der Waals surface area contributed by atoms with E-state index in [2.05, 4.69) is 16.0 Å². The van der Waals surface area contributed by atoms with Gasteiger partial charge in [0, 0.05) is 12.5 Å². The Bertz CT molecular complexity index is 626. The highest BCUT2D eigenvalue weighted by molar-refractivity contribution is 5.76. The number of H-pyrrole nitrogens is 1. The van der Waals surface area contributed by atoms with Gasteiger partial charge in [0.25, 0.3) is 5.82 Å². The fourth-order valence-corrected chi connectivity index (χ4v) is 2.87. The largest absolute Gasteiger partial charge is 0.494 e. The normalized spacial score (nSPS) is 14.5. The Morgan fingerprint density at radius 1 is 1.00 bits per heavy atom. The van der Waals surface area contributed by atoms with Crippen molar-refractivity contribution < 1.29 is 14.5 Å². The summed E-state index contributed by atoms with van der Waals surface area (Å²) in [6, 6.07) is 15.8. The molecule has 1 amide bonds. The molecule has 0 aliphatic carbocycles. The number of aromatic amines is 1. The number of rotatable bonds is 6. The van der Waals surface area contributed by atoms with Crippen LogP contribution in [0.1, 0.15) is 12.8 Å². The van der Waals surface area contributed by atoms with Gasteiger partial charge in [-0.05, 0) is 24.6 Å². The van der Waals surface area contributed by atoms with Crippen LogP contribution in [0, 0.1) is 0 Å². The quantitative estimate of drug-likeness (QED) is 0.763. The van der Waals surface area contributed by atoms with Gasteiger partial charge in [-0.3, -0.25) is 9.69 Å². The first-order valence-electron chi connectivity index (χ1n) is 8.50. The number of nitrogens with zero attached hydrogens (tertiary/aromatic N) is 2. The van der Waals surface area contributed by atoms with Crippen molar-refractivity contribution in [3.63, 3.8) is 0 Å². The molecule has 1 saturated heterocycles. The Morgan fingerprint density at radius 3 is 2.46 bits per heavy atom. The van der Waals surface area contributed by atoms with Crippen molar-refractivity contribution in [3.05, 3.63) is 54.7 Å². The maximum absolute atomic E-state index is 12.3. The van der Waals surface area contributed by atoms with E-state index in [0.717, 1.165) is 44.2 Å². The number of hydrogen-bond donors (Lipinski definition) is 0. The number of aromatic nitrogens is 1. The molecule has 1 aromatic carbocycles. The summed E-state index contributed by atoms with van der Waals surface area (Å²) in [6.45, 7) is 3.87. The molecule has 0 unspecified atom stereocenters. The van der Waals surface area contributed by atoms with Crippen LogP contribution in [0.2, 0.25) is 0 Å². The highest BCUT2D eigenvalue weighted by atomic mass is 16.5. The van der Waals surface area contributed by atoms with Crippen LogP contribution in [-0.4, -0.2) is 43.6 Å². The number of benzene rings is 1. The first kappa shape index (κ1) is 16.3. The molecule has 24 heavy (non-hydrogen) atoms. The van der Waals surface area contributed by atoms with Gasteiger partial charge < -0.3 is 9.64 Å². The average Bonchev–Trinajstić information content (AvgIpc) is 2.67. The maximum Gasteiger partial charge on any atom is 0.274 e. The third kappa shape index (κ3) is 4.47. The summed E-state index contributed by atoms with van der Waals surface area (Å²) in [7, 11) is 0. The third-order valence-corrected chi connectivity index (χ3v) is 4.21. The first-order chi connectivity index (χ1) is 11.8. The van der Waals surface area contributed by atoms with Crippen molar-refractivity contribution >= 4 is 11.7 Å². The van der Waals surface area contributed by atoms with Crippen LogP contribution in [0.5, 0.6) is 5.75 Å². The molecule has 1 N–H and O–H groups in total. The Hall–Kier alpha value is -2.56. The second kappa shape index (κ2) is 8.34. The van der Waals surface area contributed by atoms with E-state index >= 15 is 0 Å². The summed E-state index contributed by atoms with van der Waals surface area (Å²) in [6.07, 6.45) is 3.23. The minimum absolute atomic E-state index is 0.225. The van der Waals surface area contributed by atoms with E-state index in [4.69, 9.17) is 4.74 Å². The number of piperazine rings is 1. The smallest absolute Gasteiger partial charge is 0.274 e. The predicted octanol–water partition coefficient (Wildman–Crippen LogP) is 2.01. The minimum atomic E-state index is 0.225. The van der Waals surface area contributed by atoms with Crippen molar-refractivity contribution in [2.75, 3.05) is 37.7 Å². The Balaban J connectivity index is 1.36. The fraction of sp³-hybridized carbons (Fsp3) is 0.368. The van der Waals surface area contributed by atoms with Crippen LogP contribution in [0.25, 0.3) is 0 Å². The number of pyridine rings is 1. The zero-order chi connectivity index (χ0) is 16.6. The number of nitrogens with one attached hydrogen (secondary N) is 1. The monoisotopic (exact) mass is 326 g/mol. The molecule has 126 valence electrons. The van der Waals surface area contributed by atoms with E-state index in [1.807, 2.05) is 53.6 Å². The summed E-state index contributed by atoms with van der Waals surface area (Å²) in [5.41, 5.74) is 0. The van der Waals surface area contributed by atoms with Gasteiger partial charge in [0.05, 0.1) is 25.9 Å². The molecule has 3 rings (SSSR count). The Morgan fingerprint density at radius 2 is 1.75 bits per heavy atom. The van der Waals surface area contributed by atoms with Crippen molar-refractivity contribution in [1.82, 2.24) is 4.90 Å². The molecular weight excluding hydrogens is 302 g/mol. The number of hydrogen-bond acceptors (Lipinski definition) is 3. The van der Waals surface area contributed by atoms with E-state index in [9.17, 15) is 4.79 Å². The molecule has 5 nitrogen and oxygen atoms in total. The lowest BCUT2D eigenvalue weighted by Crippen LogP contribution is -2.50. The fourth-order valence-electron chi connectivity index (χ4n) is 2.87. The molecule has 2 aromatic rings. The van der Waals surface area contributed by atoms with Crippen molar-refractivity contribution in [3.8, 4) is 5.75 Å². The van der Waals surface area contributed by atoms with E-state index in [-0.39, 0.29) is 5.91 Å². The predicted molar refractivity (Wildman–Crippen MR) is 93.0 cm³/mol. The van der Waals surface area contributed by atoms with Crippen LogP contribution in [-0.2, 0) is 4.79 Å². The van der Waals surface area contributed by atoms with Gasteiger partial charge in [-0.1, -0.05) is 24.3 Å². The maximum atomic E-state index is 12.3. The van der Waals surface area contributed by atoms with Gasteiger partial charge in [-0.2, -0.15) is 0 Å². The standard InChI is InChI=1S/C19H23N3O2/c23-19(10-6-16-24-17-7-2-1-3-8-17)22-14-12-21(13-15-22)18-9-4-5-11-20-18/h1-5,7-9,11H,6,10,12-16H2/p+1. The van der Waals surface area contributed by atoms with Gasteiger partial charge in [0.2, 0.25) is 5.91 Å². The lowest BCUT2D eigenvalue weighted by Gasteiger charge is -2.31. The Labute approximate surface area is 142 Å². The topological polar surface area (TPSA) is 46.9 Å². The molecule has 5 heteroatoms. The second-order valence-corrected chi connectivity index (χ2v) is 5.88. The zero-order valence-electron chi connectivity index (χ0n) is 13.9. The molecule has 0 saturated carbocycles. The van der Waals surface area contributed by atoms with E-state index in [1.165, 1.54) is 0 Å². The van der Waals surface area contributed by atoms with Crippen LogP contribution >= 0.6 is 0 Å². The average molecular weight is 326 g/mol. The van der Waals surface area contributed by atoms with Crippen molar-refractivity contribution in [2.45, 2.75) is 12.8 Å². The van der Waals surface area contributed by atoms with E-state index < -0.39 is 0 Å². The SMILES string of the molecule is O=C(CCCOc1ccccc1)N1CCN(c2cccc[nH+]2)CC1. The highest BCUT2D eigenvalue weighted by Crippen LogP contribution is 2.12. The number of carbonyl (C=O) groups excluding carboxylic acids is 1. The zero-order valence-corrected chi connectivity index (χ0v) is 13.9. The highest BCUT2D eigenvalue weighted by Gasteiger charge is 2.25. The van der Waals surface area contributed by atoms with E-state index in [0.29, 0.717) is 13.0 Å². The third-order valence-electron chi connectivity index (χ3n) is 4.21. The number of anilines is 1. The first-order valence-corrected chi connectivity index (χ1v) is 8.50. The lowest BCUT2D eigenvalue weighted by molar-refractivity contribution is -0.364. The van der Waals surface area contributed by atoms with Crippen molar-refractivity contribution in [2.24, 2.45) is 0 Å². The summed E-state index contributed by atoms with van der Waals surface area (Å²) < 4.78 is 5.64. The summed E-state index contributed by atoms with van der Waals surface area (Å²) in [5.74, 6) is 2.20. The lowest BCUT2D eigenvalue weighted by atomic mass is 10.2. The molecule has 2 heterocycles. The van der Waals surface area contributed by atoms with Gasteiger partial charge >= 0.3 is 0 Å². The van der Waals surface area contributed by atoms with Crippen LogP contribution < -0.4 is 14.6 Å². The van der Waals surface area contributed by atoms with Gasteiger partial charge in [0.15, 0.2) is 0 Å². The number of ether oxygens (including phenoxy) is 1.